The predicted octanol–water partition coefficient (Wildman–Crippen LogP) is 4.80. The number of carbonyl (C=O) groups is 1. The molecule has 0 bridgehead atoms. The highest BCUT2D eigenvalue weighted by Gasteiger charge is 2.57. The molecule has 3 aliphatic rings. The van der Waals surface area contributed by atoms with Crippen molar-refractivity contribution in [1.29, 1.82) is 0 Å². The van der Waals surface area contributed by atoms with Crippen LogP contribution in [0.3, 0.4) is 0 Å². The lowest BCUT2D eigenvalue weighted by molar-refractivity contribution is -0.140. The Morgan fingerprint density at radius 2 is 1.67 bits per heavy atom. The maximum atomic E-state index is 14.8. The zero-order valence-corrected chi connectivity index (χ0v) is 16.9. The van der Waals surface area contributed by atoms with Crippen molar-refractivity contribution in [2.75, 3.05) is 18.3 Å². The lowest BCUT2D eigenvalue weighted by atomic mass is 9.77. The van der Waals surface area contributed by atoms with E-state index in [9.17, 15) is 22.4 Å². The van der Waals surface area contributed by atoms with Crippen molar-refractivity contribution in [1.82, 2.24) is 0 Å². The number of nitrogens with zero attached hydrogens (tertiary/aromatic N) is 1. The SMILES string of the molecule is O=C1N(Cc2cccc(C(F)(F)F)c2F)c2ccccc2C12COc1cc3c(cc12)OCO3. The van der Waals surface area contributed by atoms with Crippen LogP contribution in [0, 0.1) is 5.82 Å². The second kappa shape index (κ2) is 6.63. The highest BCUT2D eigenvalue weighted by molar-refractivity contribution is 6.11. The van der Waals surface area contributed by atoms with Crippen molar-refractivity contribution in [3.63, 3.8) is 0 Å². The topological polar surface area (TPSA) is 48.0 Å². The summed E-state index contributed by atoms with van der Waals surface area (Å²) in [7, 11) is 0. The average molecular weight is 457 g/mol. The van der Waals surface area contributed by atoms with Gasteiger partial charge in [0.1, 0.15) is 23.6 Å². The van der Waals surface area contributed by atoms with Crippen molar-refractivity contribution >= 4 is 11.6 Å². The second-order valence-corrected chi connectivity index (χ2v) is 8.08. The molecule has 168 valence electrons. The van der Waals surface area contributed by atoms with Gasteiger partial charge in [0.2, 0.25) is 12.7 Å². The van der Waals surface area contributed by atoms with Crippen molar-refractivity contribution in [3.8, 4) is 17.2 Å². The van der Waals surface area contributed by atoms with Crippen molar-refractivity contribution < 1.29 is 36.6 Å². The molecule has 3 aromatic rings. The minimum Gasteiger partial charge on any atom is -0.491 e. The molecule has 0 aliphatic carbocycles. The van der Waals surface area contributed by atoms with Crippen molar-refractivity contribution in [3.05, 3.63) is 82.7 Å². The van der Waals surface area contributed by atoms with Gasteiger partial charge in [0.15, 0.2) is 11.5 Å². The van der Waals surface area contributed by atoms with Crippen LogP contribution in [0.15, 0.2) is 54.6 Å². The number of rotatable bonds is 2. The number of amides is 1. The van der Waals surface area contributed by atoms with Crippen LogP contribution in [0.2, 0.25) is 0 Å². The van der Waals surface area contributed by atoms with Gasteiger partial charge in [0.05, 0.1) is 12.1 Å². The van der Waals surface area contributed by atoms with E-state index in [-0.39, 0.29) is 25.5 Å². The maximum Gasteiger partial charge on any atom is 0.419 e. The molecule has 3 aromatic carbocycles. The molecule has 0 N–H and O–H groups in total. The van der Waals surface area contributed by atoms with E-state index < -0.39 is 28.9 Å². The van der Waals surface area contributed by atoms with E-state index >= 15 is 0 Å². The maximum absolute atomic E-state index is 14.8. The molecule has 0 fully saturated rings. The predicted molar refractivity (Wildman–Crippen MR) is 108 cm³/mol. The average Bonchev–Trinajstić information content (AvgIpc) is 3.45. The van der Waals surface area contributed by atoms with Gasteiger partial charge in [0.25, 0.3) is 0 Å². The molecule has 1 atom stereocenters. The molecule has 0 aromatic heterocycles. The van der Waals surface area contributed by atoms with E-state index in [1.54, 1.807) is 36.4 Å². The Bertz CT molecular complexity index is 1320. The van der Waals surface area contributed by atoms with Crippen LogP contribution < -0.4 is 19.1 Å². The number of halogens is 4. The third-order valence-corrected chi connectivity index (χ3v) is 6.36. The first-order valence-electron chi connectivity index (χ1n) is 10.1. The van der Waals surface area contributed by atoms with Crippen LogP contribution in [-0.4, -0.2) is 19.3 Å². The summed E-state index contributed by atoms with van der Waals surface area (Å²) in [6.07, 6.45) is -4.84. The van der Waals surface area contributed by atoms with Crippen LogP contribution in [0.4, 0.5) is 23.2 Å². The zero-order chi connectivity index (χ0) is 23.0. The van der Waals surface area contributed by atoms with E-state index in [1.165, 1.54) is 11.0 Å². The first kappa shape index (κ1) is 19.9. The number of carbonyl (C=O) groups excluding carboxylic acids is 1. The lowest BCUT2D eigenvalue weighted by Crippen LogP contribution is -2.42. The van der Waals surface area contributed by atoms with Gasteiger partial charge in [-0.2, -0.15) is 13.2 Å². The number of alkyl halides is 3. The van der Waals surface area contributed by atoms with Gasteiger partial charge in [-0.15, -0.1) is 0 Å². The summed E-state index contributed by atoms with van der Waals surface area (Å²) in [5, 5.41) is 0. The van der Waals surface area contributed by atoms with Crippen LogP contribution in [-0.2, 0) is 22.9 Å². The number of hydrogen-bond acceptors (Lipinski definition) is 4. The van der Waals surface area contributed by atoms with Crippen LogP contribution in [0.5, 0.6) is 17.2 Å². The smallest absolute Gasteiger partial charge is 0.419 e. The Morgan fingerprint density at radius 3 is 2.45 bits per heavy atom. The third-order valence-electron chi connectivity index (χ3n) is 6.36. The highest BCUT2D eigenvalue weighted by atomic mass is 19.4. The Balaban J connectivity index is 1.47. The molecule has 0 radical (unpaired) electrons. The Morgan fingerprint density at radius 1 is 0.909 bits per heavy atom. The summed E-state index contributed by atoms with van der Waals surface area (Å²) in [6.45, 7) is -0.299. The number of benzene rings is 3. The molecule has 5 nitrogen and oxygen atoms in total. The number of fused-ring (bicyclic) bond motifs is 5. The molecule has 3 aliphatic heterocycles. The third kappa shape index (κ3) is 2.68. The molecule has 1 spiro atoms. The van der Waals surface area contributed by atoms with Gasteiger partial charge >= 0.3 is 6.18 Å². The van der Waals surface area contributed by atoms with Gasteiger partial charge in [-0.05, 0) is 23.8 Å². The summed E-state index contributed by atoms with van der Waals surface area (Å²) >= 11 is 0. The summed E-state index contributed by atoms with van der Waals surface area (Å²) in [5.74, 6) is -0.339. The number of hydrogen-bond donors (Lipinski definition) is 0. The Hall–Kier alpha value is -3.75. The molecule has 6 rings (SSSR count). The van der Waals surface area contributed by atoms with Crippen LogP contribution >= 0.6 is 0 Å². The molecule has 33 heavy (non-hydrogen) atoms. The number of para-hydroxylation sites is 1. The van der Waals surface area contributed by atoms with Gasteiger partial charge < -0.3 is 19.1 Å². The minimum absolute atomic E-state index is 0.00263. The van der Waals surface area contributed by atoms with E-state index in [1.807, 2.05) is 0 Å². The normalized spacial score (nSPS) is 20.2. The van der Waals surface area contributed by atoms with Crippen LogP contribution in [0.1, 0.15) is 22.3 Å². The molecule has 3 heterocycles. The fraction of sp³-hybridized carbons (Fsp3) is 0.208. The largest absolute Gasteiger partial charge is 0.491 e. The van der Waals surface area contributed by atoms with Crippen LogP contribution in [0.25, 0.3) is 0 Å². The number of anilines is 1. The summed E-state index contributed by atoms with van der Waals surface area (Å²) in [6, 6.07) is 13.4. The summed E-state index contributed by atoms with van der Waals surface area (Å²) in [4.78, 5) is 15.2. The van der Waals surface area contributed by atoms with Gasteiger partial charge in [-0.25, -0.2) is 4.39 Å². The molecule has 9 heteroatoms. The fourth-order valence-electron chi connectivity index (χ4n) is 4.81. The zero-order valence-electron chi connectivity index (χ0n) is 16.9. The molecule has 1 amide bonds. The highest BCUT2D eigenvalue weighted by Crippen LogP contribution is 2.55. The first-order valence-corrected chi connectivity index (χ1v) is 10.1. The molecule has 0 saturated carbocycles. The lowest BCUT2D eigenvalue weighted by Gasteiger charge is -2.23. The standard InChI is InChI=1S/C24H15F4NO4/c25-21-13(4-3-6-15(21)24(26,27)28)10-29-17-7-2-1-5-14(17)23(22(29)30)11-31-18-9-20-19(8-16(18)23)32-12-33-20/h1-9H,10-12H2. The second-order valence-electron chi connectivity index (χ2n) is 8.08. The summed E-state index contributed by atoms with van der Waals surface area (Å²) in [5.41, 5.74) is -1.10. The van der Waals surface area contributed by atoms with Gasteiger partial charge in [-0.1, -0.05) is 30.3 Å². The fourth-order valence-corrected chi connectivity index (χ4v) is 4.81. The summed E-state index contributed by atoms with van der Waals surface area (Å²) < 4.78 is 71.1. The van der Waals surface area contributed by atoms with E-state index in [0.29, 0.717) is 40.1 Å². The monoisotopic (exact) mass is 457 g/mol. The van der Waals surface area contributed by atoms with E-state index in [2.05, 4.69) is 0 Å². The molecular formula is C24H15F4NO4. The van der Waals surface area contributed by atoms with Gasteiger partial charge in [-0.3, -0.25) is 4.79 Å². The van der Waals surface area contributed by atoms with E-state index in [0.717, 1.165) is 6.07 Å². The van der Waals surface area contributed by atoms with Crippen molar-refractivity contribution in [2.45, 2.75) is 18.1 Å². The van der Waals surface area contributed by atoms with Crippen molar-refractivity contribution in [2.24, 2.45) is 0 Å². The Labute approximate surface area is 185 Å². The molecule has 1 unspecified atom stereocenters. The van der Waals surface area contributed by atoms with E-state index in [4.69, 9.17) is 14.2 Å². The number of ether oxygens (including phenoxy) is 3. The Kier molecular flexibility index (Phi) is 4.00. The minimum atomic E-state index is -4.84. The molecular weight excluding hydrogens is 442 g/mol. The first-order chi connectivity index (χ1) is 15.8. The quantitative estimate of drug-likeness (QED) is 0.519. The molecule has 0 saturated heterocycles. The van der Waals surface area contributed by atoms with Gasteiger partial charge in [0, 0.05) is 22.9 Å².